The van der Waals surface area contributed by atoms with E-state index in [9.17, 15) is 0 Å². The monoisotopic (exact) mass is 226 g/mol. The van der Waals surface area contributed by atoms with Gasteiger partial charge in [-0.3, -0.25) is 9.67 Å². The smallest absolute Gasteiger partial charge is 0.148 e. The Kier molecular flexibility index (Phi) is 2.69. The summed E-state index contributed by atoms with van der Waals surface area (Å²) in [5, 5.41) is 5.22. The summed E-state index contributed by atoms with van der Waals surface area (Å²) in [6.45, 7) is 0. The van der Waals surface area contributed by atoms with Gasteiger partial charge in [0.2, 0.25) is 0 Å². The molecule has 0 N–H and O–H groups in total. The summed E-state index contributed by atoms with van der Waals surface area (Å²) < 4.78 is 1.74. The van der Waals surface area contributed by atoms with E-state index in [4.69, 9.17) is 11.6 Å². The predicted octanol–water partition coefficient (Wildman–Crippen LogP) is 2.01. The van der Waals surface area contributed by atoms with Crippen molar-refractivity contribution >= 4 is 23.4 Å². The molecule has 6 heteroatoms. The van der Waals surface area contributed by atoms with Crippen LogP contribution in [0.4, 0.5) is 0 Å². The van der Waals surface area contributed by atoms with Gasteiger partial charge in [-0.2, -0.15) is 5.10 Å². The standard InChI is InChI=1S/C8H7ClN4S/c1-13-5-6(2-11-13)14-8-4-10-3-7(9)12-8/h2-5H,1H3. The highest BCUT2D eigenvalue weighted by atomic mass is 35.5. The number of rotatable bonds is 2. The molecule has 2 rings (SSSR count). The highest BCUT2D eigenvalue weighted by Gasteiger charge is 2.01. The minimum atomic E-state index is 0.402. The van der Waals surface area contributed by atoms with Crippen molar-refractivity contribution in [1.82, 2.24) is 19.7 Å². The number of nitrogens with zero attached hydrogens (tertiary/aromatic N) is 4. The summed E-state index contributed by atoms with van der Waals surface area (Å²) in [7, 11) is 1.87. The van der Waals surface area contributed by atoms with Gasteiger partial charge in [0.25, 0.3) is 0 Å². The van der Waals surface area contributed by atoms with E-state index in [1.54, 1.807) is 17.1 Å². The third kappa shape index (κ3) is 2.24. The third-order valence-corrected chi connectivity index (χ3v) is 2.52. The zero-order valence-electron chi connectivity index (χ0n) is 7.38. The van der Waals surface area contributed by atoms with Gasteiger partial charge in [-0.05, 0) is 0 Å². The van der Waals surface area contributed by atoms with E-state index in [1.165, 1.54) is 18.0 Å². The fraction of sp³-hybridized carbons (Fsp3) is 0.125. The molecule has 0 saturated carbocycles. The molecule has 0 aromatic carbocycles. The zero-order valence-corrected chi connectivity index (χ0v) is 8.96. The predicted molar refractivity (Wildman–Crippen MR) is 54.4 cm³/mol. The fourth-order valence-electron chi connectivity index (χ4n) is 0.947. The van der Waals surface area contributed by atoms with E-state index in [0.29, 0.717) is 5.15 Å². The molecule has 72 valence electrons. The Morgan fingerprint density at radius 2 is 2.21 bits per heavy atom. The number of aryl methyl sites for hydroxylation is 1. The van der Waals surface area contributed by atoms with Gasteiger partial charge in [0.15, 0.2) is 0 Å². The average molecular weight is 227 g/mol. The molecule has 0 fully saturated rings. The van der Waals surface area contributed by atoms with Crippen molar-refractivity contribution < 1.29 is 0 Å². The first-order valence-electron chi connectivity index (χ1n) is 3.88. The van der Waals surface area contributed by atoms with Crippen LogP contribution in [0.2, 0.25) is 5.15 Å². The van der Waals surface area contributed by atoms with Crippen LogP contribution in [0.1, 0.15) is 0 Å². The van der Waals surface area contributed by atoms with Crippen LogP contribution in [0, 0.1) is 0 Å². The molecule has 2 aromatic heterocycles. The van der Waals surface area contributed by atoms with Crippen LogP contribution >= 0.6 is 23.4 Å². The van der Waals surface area contributed by atoms with Gasteiger partial charge in [-0.25, -0.2) is 4.98 Å². The summed E-state index contributed by atoms with van der Waals surface area (Å²) in [6, 6.07) is 0. The van der Waals surface area contributed by atoms with E-state index in [-0.39, 0.29) is 0 Å². The van der Waals surface area contributed by atoms with Crippen molar-refractivity contribution in [2.45, 2.75) is 9.92 Å². The molecule has 0 unspecified atom stereocenters. The summed E-state index contributed by atoms with van der Waals surface area (Å²) in [5.74, 6) is 0. The quantitative estimate of drug-likeness (QED) is 0.786. The molecule has 0 atom stereocenters. The van der Waals surface area contributed by atoms with Crippen molar-refractivity contribution in [3.63, 3.8) is 0 Å². The summed E-state index contributed by atoms with van der Waals surface area (Å²) in [5.41, 5.74) is 0. The van der Waals surface area contributed by atoms with Gasteiger partial charge >= 0.3 is 0 Å². The summed E-state index contributed by atoms with van der Waals surface area (Å²) >= 11 is 7.19. The van der Waals surface area contributed by atoms with E-state index in [2.05, 4.69) is 15.1 Å². The molecule has 0 aliphatic rings. The van der Waals surface area contributed by atoms with Gasteiger partial charge in [-0.15, -0.1) is 0 Å². The van der Waals surface area contributed by atoms with Gasteiger partial charge in [0, 0.05) is 13.2 Å². The Morgan fingerprint density at radius 1 is 1.36 bits per heavy atom. The molecule has 0 aliphatic carbocycles. The third-order valence-electron chi connectivity index (χ3n) is 1.49. The minimum absolute atomic E-state index is 0.402. The number of aromatic nitrogens is 4. The summed E-state index contributed by atoms with van der Waals surface area (Å²) in [6.07, 6.45) is 6.86. The maximum absolute atomic E-state index is 5.71. The molecular formula is C8H7ClN4S. The van der Waals surface area contributed by atoms with Crippen LogP contribution < -0.4 is 0 Å². The molecule has 0 spiro atoms. The average Bonchev–Trinajstić information content (AvgIpc) is 2.51. The largest absolute Gasteiger partial charge is 0.275 e. The first-order chi connectivity index (χ1) is 6.74. The van der Waals surface area contributed by atoms with Crippen molar-refractivity contribution in [2.24, 2.45) is 7.05 Å². The van der Waals surface area contributed by atoms with Gasteiger partial charge in [-0.1, -0.05) is 23.4 Å². The van der Waals surface area contributed by atoms with Crippen molar-refractivity contribution in [1.29, 1.82) is 0 Å². The molecule has 0 aliphatic heterocycles. The Bertz CT molecular complexity index is 442. The van der Waals surface area contributed by atoms with Crippen LogP contribution in [0.15, 0.2) is 34.7 Å². The Labute approximate surface area is 90.3 Å². The lowest BCUT2D eigenvalue weighted by molar-refractivity contribution is 0.766. The number of hydrogen-bond donors (Lipinski definition) is 0. The molecule has 14 heavy (non-hydrogen) atoms. The van der Waals surface area contributed by atoms with E-state index in [0.717, 1.165) is 9.92 Å². The van der Waals surface area contributed by atoms with Crippen LogP contribution in [-0.4, -0.2) is 19.7 Å². The van der Waals surface area contributed by atoms with Crippen molar-refractivity contribution in [2.75, 3.05) is 0 Å². The summed E-state index contributed by atoms with van der Waals surface area (Å²) in [4.78, 5) is 9.07. The highest BCUT2D eigenvalue weighted by molar-refractivity contribution is 7.99. The van der Waals surface area contributed by atoms with Gasteiger partial charge in [0.1, 0.15) is 10.2 Å². The van der Waals surface area contributed by atoms with Gasteiger partial charge in [0.05, 0.1) is 23.5 Å². The van der Waals surface area contributed by atoms with Crippen molar-refractivity contribution in [3.8, 4) is 0 Å². The second-order valence-corrected chi connectivity index (χ2v) is 4.11. The Morgan fingerprint density at radius 3 is 2.86 bits per heavy atom. The zero-order chi connectivity index (χ0) is 9.97. The lowest BCUT2D eigenvalue weighted by Crippen LogP contribution is -1.84. The Balaban J connectivity index is 2.18. The lowest BCUT2D eigenvalue weighted by atomic mass is 10.7. The minimum Gasteiger partial charge on any atom is -0.275 e. The van der Waals surface area contributed by atoms with E-state index in [1.807, 2.05) is 13.2 Å². The molecule has 0 saturated heterocycles. The molecule has 2 aromatic rings. The first kappa shape index (κ1) is 9.48. The fourth-order valence-corrected chi connectivity index (χ4v) is 1.95. The van der Waals surface area contributed by atoms with Gasteiger partial charge < -0.3 is 0 Å². The van der Waals surface area contributed by atoms with Crippen LogP contribution in [0.5, 0.6) is 0 Å². The van der Waals surface area contributed by atoms with Crippen LogP contribution in [0.3, 0.4) is 0 Å². The first-order valence-corrected chi connectivity index (χ1v) is 5.07. The molecule has 0 radical (unpaired) electrons. The highest BCUT2D eigenvalue weighted by Crippen LogP contribution is 2.25. The molecule has 0 bridgehead atoms. The molecular weight excluding hydrogens is 220 g/mol. The lowest BCUT2D eigenvalue weighted by Gasteiger charge is -1.96. The normalized spacial score (nSPS) is 10.4. The van der Waals surface area contributed by atoms with Crippen LogP contribution in [0.25, 0.3) is 0 Å². The number of hydrogen-bond acceptors (Lipinski definition) is 4. The Hall–Kier alpha value is -1.07. The maximum atomic E-state index is 5.71. The molecule has 2 heterocycles. The van der Waals surface area contributed by atoms with E-state index < -0.39 is 0 Å². The second-order valence-electron chi connectivity index (χ2n) is 2.63. The van der Waals surface area contributed by atoms with E-state index >= 15 is 0 Å². The second kappa shape index (κ2) is 3.98. The SMILES string of the molecule is Cn1cc(Sc2cncc(Cl)n2)cn1. The van der Waals surface area contributed by atoms with Crippen LogP contribution in [-0.2, 0) is 7.05 Å². The molecule has 4 nitrogen and oxygen atoms in total. The molecule has 0 amide bonds. The maximum Gasteiger partial charge on any atom is 0.148 e. The topological polar surface area (TPSA) is 43.6 Å². The van der Waals surface area contributed by atoms with Crippen molar-refractivity contribution in [3.05, 3.63) is 29.9 Å². The number of halogens is 1.